The Morgan fingerprint density at radius 1 is 1.17 bits per heavy atom. The van der Waals surface area contributed by atoms with Crippen LogP contribution in [0.25, 0.3) is 0 Å². The highest BCUT2D eigenvalue weighted by Gasteiger charge is 2.32. The smallest absolute Gasteiger partial charge is 0.198 e. The SMILES string of the molecule is CN(Cc1ccc(N2CCCCC2)cc1)Cn1nc(C2CCS(=O)(=O)C2)n(C)c1=S. The molecular formula is C21H31N5O2S2. The maximum Gasteiger partial charge on any atom is 0.198 e. The molecule has 30 heavy (non-hydrogen) atoms. The third-order valence-corrected chi connectivity index (χ3v) is 8.41. The Hall–Kier alpha value is -1.71. The minimum atomic E-state index is -2.95. The first-order valence-electron chi connectivity index (χ1n) is 10.7. The predicted octanol–water partition coefficient (Wildman–Crippen LogP) is 2.93. The Morgan fingerprint density at radius 3 is 2.50 bits per heavy atom. The van der Waals surface area contributed by atoms with Gasteiger partial charge in [-0.15, -0.1) is 0 Å². The number of sulfone groups is 1. The molecule has 2 aromatic rings. The van der Waals surface area contributed by atoms with Crippen LogP contribution in [0, 0.1) is 4.77 Å². The summed E-state index contributed by atoms with van der Waals surface area (Å²) in [4.78, 5) is 4.64. The zero-order valence-corrected chi connectivity index (χ0v) is 19.5. The number of benzene rings is 1. The highest BCUT2D eigenvalue weighted by Crippen LogP contribution is 2.27. The van der Waals surface area contributed by atoms with Crippen LogP contribution in [-0.4, -0.2) is 59.3 Å². The summed E-state index contributed by atoms with van der Waals surface area (Å²) < 4.78 is 28.0. The van der Waals surface area contributed by atoms with Gasteiger partial charge < -0.3 is 9.47 Å². The molecule has 2 fully saturated rings. The van der Waals surface area contributed by atoms with E-state index in [2.05, 4.69) is 46.2 Å². The average molecular weight is 450 g/mol. The highest BCUT2D eigenvalue weighted by molar-refractivity contribution is 7.91. The van der Waals surface area contributed by atoms with Gasteiger partial charge in [0.05, 0.1) is 18.2 Å². The highest BCUT2D eigenvalue weighted by atomic mass is 32.2. The van der Waals surface area contributed by atoms with E-state index in [4.69, 9.17) is 12.2 Å². The lowest BCUT2D eigenvalue weighted by Crippen LogP contribution is -2.29. The Kier molecular flexibility index (Phi) is 6.31. The van der Waals surface area contributed by atoms with Gasteiger partial charge in [0.2, 0.25) is 0 Å². The zero-order valence-electron chi connectivity index (χ0n) is 17.8. The molecule has 0 amide bonds. The molecule has 3 heterocycles. The molecule has 0 aliphatic carbocycles. The van der Waals surface area contributed by atoms with Gasteiger partial charge >= 0.3 is 0 Å². The lowest BCUT2D eigenvalue weighted by atomic mass is 10.1. The van der Waals surface area contributed by atoms with Crippen molar-refractivity contribution < 1.29 is 8.42 Å². The van der Waals surface area contributed by atoms with Gasteiger partial charge in [0.25, 0.3) is 0 Å². The monoisotopic (exact) mass is 449 g/mol. The Labute approximate surface area is 184 Å². The lowest BCUT2D eigenvalue weighted by molar-refractivity contribution is 0.243. The summed E-state index contributed by atoms with van der Waals surface area (Å²) in [6.07, 6.45) is 4.53. The van der Waals surface area contributed by atoms with Gasteiger partial charge in [0.15, 0.2) is 14.6 Å². The van der Waals surface area contributed by atoms with Gasteiger partial charge in [0, 0.05) is 38.3 Å². The largest absolute Gasteiger partial charge is 0.372 e. The Morgan fingerprint density at radius 2 is 1.87 bits per heavy atom. The second-order valence-corrected chi connectivity index (χ2v) is 11.3. The molecule has 2 aliphatic heterocycles. The normalized spacial score (nSPS) is 21.4. The van der Waals surface area contributed by atoms with Crippen LogP contribution in [0.15, 0.2) is 24.3 Å². The van der Waals surface area contributed by atoms with E-state index in [1.807, 2.05) is 11.6 Å². The Balaban J connectivity index is 1.40. The van der Waals surface area contributed by atoms with Crippen molar-refractivity contribution >= 4 is 27.7 Å². The van der Waals surface area contributed by atoms with E-state index < -0.39 is 9.84 Å². The molecule has 9 heteroatoms. The first-order chi connectivity index (χ1) is 14.3. The maximum atomic E-state index is 11.8. The number of nitrogens with zero attached hydrogens (tertiary/aromatic N) is 5. The second-order valence-electron chi connectivity index (χ2n) is 8.67. The minimum Gasteiger partial charge on any atom is -0.372 e. The molecule has 0 saturated carbocycles. The number of rotatable bonds is 6. The molecule has 1 atom stereocenters. The number of piperidine rings is 1. The number of aromatic nitrogens is 3. The molecule has 164 valence electrons. The zero-order chi connectivity index (χ0) is 21.3. The molecule has 0 radical (unpaired) electrons. The summed E-state index contributed by atoms with van der Waals surface area (Å²) >= 11 is 5.56. The molecule has 0 bridgehead atoms. The van der Waals surface area contributed by atoms with Gasteiger partial charge in [-0.1, -0.05) is 12.1 Å². The molecule has 7 nitrogen and oxygen atoms in total. The fraction of sp³-hybridized carbons (Fsp3) is 0.619. The van der Waals surface area contributed by atoms with Gasteiger partial charge in [-0.2, -0.15) is 5.10 Å². The molecule has 0 N–H and O–H groups in total. The molecule has 1 unspecified atom stereocenters. The van der Waals surface area contributed by atoms with E-state index in [1.165, 1.54) is 30.5 Å². The van der Waals surface area contributed by atoms with E-state index in [9.17, 15) is 8.42 Å². The number of hydrogen-bond acceptors (Lipinski definition) is 6. The molecule has 0 spiro atoms. The van der Waals surface area contributed by atoms with Crippen LogP contribution in [0.1, 0.15) is 43.0 Å². The van der Waals surface area contributed by atoms with Crippen molar-refractivity contribution in [1.82, 2.24) is 19.2 Å². The van der Waals surface area contributed by atoms with Crippen LogP contribution >= 0.6 is 12.2 Å². The summed E-state index contributed by atoms with van der Waals surface area (Å²) in [5, 5.41) is 4.68. The van der Waals surface area contributed by atoms with Crippen molar-refractivity contribution in [3.8, 4) is 0 Å². The standard InChI is InChI=1S/C21H31N5O2S2/c1-23(14-17-6-8-19(9-7-17)25-11-4-3-5-12-25)16-26-21(29)24(2)20(22-26)18-10-13-30(27,28)15-18/h6-9,18H,3-5,10-16H2,1-2H3. The molecular weight excluding hydrogens is 418 g/mol. The number of hydrogen-bond donors (Lipinski definition) is 0. The van der Waals surface area contributed by atoms with Crippen molar-refractivity contribution in [2.24, 2.45) is 7.05 Å². The summed E-state index contributed by atoms with van der Waals surface area (Å²) in [5.74, 6) is 1.13. The summed E-state index contributed by atoms with van der Waals surface area (Å²) in [5.41, 5.74) is 2.56. The topological polar surface area (TPSA) is 63.4 Å². The van der Waals surface area contributed by atoms with Crippen molar-refractivity contribution in [3.05, 3.63) is 40.4 Å². The van der Waals surface area contributed by atoms with Crippen molar-refractivity contribution in [1.29, 1.82) is 0 Å². The van der Waals surface area contributed by atoms with Crippen molar-refractivity contribution in [2.45, 2.75) is 44.8 Å². The average Bonchev–Trinajstić information content (AvgIpc) is 3.23. The van der Waals surface area contributed by atoms with Gasteiger partial charge in [0.1, 0.15) is 5.82 Å². The molecule has 1 aromatic carbocycles. The fourth-order valence-electron chi connectivity index (χ4n) is 4.51. The molecule has 1 aromatic heterocycles. The van der Waals surface area contributed by atoms with Crippen molar-refractivity contribution in [2.75, 3.05) is 36.5 Å². The van der Waals surface area contributed by atoms with Crippen LogP contribution in [0.3, 0.4) is 0 Å². The van der Waals surface area contributed by atoms with Gasteiger partial charge in [-0.05, 0) is 62.6 Å². The lowest BCUT2D eigenvalue weighted by Gasteiger charge is -2.29. The summed E-state index contributed by atoms with van der Waals surface area (Å²) in [7, 11) is 0.981. The molecule has 2 aliphatic rings. The van der Waals surface area contributed by atoms with E-state index in [0.29, 0.717) is 17.9 Å². The van der Waals surface area contributed by atoms with E-state index in [0.717, 1.165) is 25.5 Å². The van der Waals surface area contributed by atoms with Crippen LogP contribution in [0.4, 0.5) is 5.69 Å². The maximum absolute atomic E-state index is 11.8. The van der Waals surface area contributed by atoms with Gasteiger partial charge in [-0.3, -0.25) is 4.90 Å². The summed E-state index contributed by atoms with van der Waals surface area (Å²) in [6, 6.07) is 8.85. The van der Waals surface area contributed by atoms with Crippen molar-refractivity contribution in [3.63, 3.8) is 0 Å². The Bertz CT molecular complexity index is 1040. The quantitative estimate of drug-likeness (QED) is 0.632. The van der Waals surface area contributed by atoms with E-state index in [-0.39, 0.29) is 17.4 Å². The fourth-order valence-corrected chi connectivity index (χ4v) is 6.44. The van der Waals surface area contributed by atoms with E-state index >= 15 is 0 Å². The summed E-state index contributed by atoms with van der Waals surface area (Å²) in [6.45, 7) is 3.68. The van der Waals surface area contributed by atoms with Gasteiger partial charge in [-0.25, -0.2) is 13.1 Å². The molecule has 2 saturated heterocycles. The second kappa shape index (κ2) is 8.80. The number of anilines is 1. The molecule has 4 rings (SSSR count). The third-order valence-electron chi connectivity index (χ3n) is 6.16. The van der Waals surface area contributed by atoms with Crippen LogP contribution in [-0.2, 0) is 30.1 Å². The first kappa shape index (κ1) is 21.5. The van der Waals surface area contributed by atoms with Crippen LogP contribution in [0.5, 0.6) is 0 Å². The first-order valence-corrected chi connectivity index (χ1v) is 12.9. The van der Waals surface area contributed by atoms with Crippen LogP contribution < -0.4 is 4.90 Å². The third kappa shape index (κ3) is 4.78. The van der Waals surface area contributed by atoms with Crippen LogP contribution in [0.2, 0.25) is 0 Å². The minimum absolute atomic E-state index is 0.0596. The van der Waals surface area contributed by atoms with E-state index in [1.54, 1.807) is 4.68 Å². The predicted molar refractivity (Wildman–Crippen MR) is 122 cm³/mol.